The van der Waals surface area contributed by atoms with Crippen LogP contribution in [0.5, 0.6) is 0 Å². The molecule has 110 valence electrons. The first-order chi connectivity index (χ1) is 9.78. The van der Waals surface area contributed by atoms with Crippen LogP contribution in [0.1, 0.15) is 54.2 Å². The Labute approximate surface area is 120 Å². The van der Waals surface area contributed by atoms with Crippen LogP contribution in [0.2, 0.25) is 0 Å². The number of amides is 1. The third kappa shape index (κ3) is 3.03. The molecule has 2 heterocycles. The van der Waals surface area contributed by atoms with Crippen LogP contribution in [0.4, 0.5) is 0 Å². The van der Waals surface area contributed by atoms with Crippen LogP contribution in [0, 0.1) is 5.92 Å². The van der Waals surface area contributed by atoms with Crippen LogP contribution in [0.15, 0.2) is 6.07 Å². The summed E-state index contributed by atoms with van der Waals surface area (Å²) in [6, 6.07) is 1.95. The van der Waals surface area contributed by atoms with Gasteiger partial charge in [-0.2, -0.15) is 5.10 Å². The smallest absolute Gasteiger partial charge is 0.274 e. The van der Waals surface area contributed by atoms with Gasteiger partial charge in [0.25, 0.3) is 5.91 Å². The molecule has 1 aliphatic heterocycles. The van der Waals surface area contributed by atoms with E-state index in [0.29, 0.717) is 11.6 Å². The van der Waals surface area contributed by atoms with E-state index in [-0.39, 0.29) is 5.91 Å². The van der Waals surface area contributed by atoms with Crippen molar-refractivity contribution >= 4 is 5.91 Å². The van der Waals surface area contributed by atoms with E-state index >= 15 is 0 Å². The zero-order chi connectivity index (χ0) is 13.9. The molecule has 2 aliphatic rings. The molecular weight excluding hydrogens is 252 g/mol. The Morgan fingerprint density at radius 3 is 2.80 bits per heavy atom. The molecule has 1 saturated carbocycles. The van der Waals surface area contributed by atoms with Gasteiger partial charge in [0.15, 0.2) is 0 Å². The number of H-pyrrole nitrogens is 1. The molecule has 0 spiro atoms. The average Bonchev–Trinajstić information content (AvgIpc) is 3.22. The van der Waals surface area contributed by atoms with Crippen LogP contribution < -0.4 is 5.32 Å². The molecule has 5 heteroatoms. The lowest BCUT2D eigenvalue weighted by Gasteiger charge is -2.31. The van der Waals surface area contributed by atoms with E-state index in [1.165, 1.54) is 19.3 Å². The van der Waals surface area contributed by atoms with Gasteiger partial charge in [0.2, 0.25) is 0 Å². The van der Waals surface area contributed by atoms with Gasteiger partial charge in [-0.05, 0) is 57.7 Å². The lowest BCUT2D eigenvalue weighted by molar-refractivity contribution is 0.0681. The van der Waals surface area contributed by atoms with Crippen molar-refractivity contribution in [2.24, 2.45) is 5.92 Å². The van der Waals surface area contributed by atoms with Gasteiger partial charge in [-0.25, -0.2) is 0 Å². The van der Waals surface area contributed by atoms with Crippen LogP contribution in [0.25, 0.3) is 0 Å². The van der Waals surface area contributed by atoms with Gasteiger partial charge in [0, 0.05) is 24.7 Å². The average molecular weight is 276 g/mol. The zero-order valence-electron chi connectivity index (χ0n) is 12.2. The van der Waals surface area contributed by atoms with Crippen LogP contribution >= 0.6 is 0 Å². The number of carbonyl (C=O) groups excluding carboxylic acids is 1. The molecule has 3 rings (SSSR count). The first kappa shape index (κ1) is 13.6. The van der Waals surface area contributed by atoms with Crippen molar-refractivity contribution in [3.05, 3.63) is 17.5 Å². The fraction of sp³-hybridized carbons (Fsp3) is 0.733. The van der Waals surface area contributed by atoms with E-state index in [1.54, 1.807) is 0 Å². The number of hydrogen-bond acceptors (Lipinski definition) is 3. The Kier molecular flexibility index (Phi) is 4.05. The largest absolute Gasteiger partial charge is 0.337 e. The van der Waals surface area contributed by atoms with Crippen LogP contribution in [-0.4, -0.2) is 47.7 Å². The van der Waals surface area contributed by atoms with Crippen LogP contribution in [-0.2, 0) is 0 Å². The highest BCUT2D eigenvalue weighted by Gasteiger charge is 2.29. The maximum Gasteiger partial charge on any atom is 0.274 e. The van der Waals surface area contributed by atoms with E-state index in [4.69, 9.17) is 0 Å². The molecule has 0 radical (unpaired) electrons. The van der Waals surface area contributed by atoms with E-state index in [9.17, 15) is 4.79 Å². The second-order valence-electron chi connectivity index (χ2n) is 6.11. The van der Waals surface area contributed by atoms with E-state index in [2.05, 4.69) is 15.5 Å². The van der Waals surface area contributed by atoms with Gasteiger partial charge in [0.1, 0.15) is 5.69 Å². The Bertz CT molecular complexity index is 458. The summed E-state index contributed by atoms with van der Waals surface area (Å²) in [5.74, 6) is 1.48. The molecule has 0 aromatic carbocycles. The number of aromatic nitrogens is 2. The first-order valence-corrected chi connectivity index (χ1v) is 7.77. The molecule has 1 aromatic rings. The lowest BCUT2D eigenvalue weighted by Crippen LogP contribution is -2.39. The summed E-state index contributed by atoms with van der Waals surface area (Å²) in [6.45, 7) is 2.82. The lowest BCUT2D eigenvalue weighted by atomic mass is 9.93. The minimum Gasteiger partial charge on any atom is -0.337 e. The van der Waals surface area contributed by atoms with Crippen molar-refractivity contribution < 1.29 is 4.79 Å². The molecule has 1 aromatic heterocycles. The SMILES string of the molecule is CNCCC1CCN(C(=O)c2cc(C3CC3)[nH]n2)CC1. The monoisotopic (exact) mass is 276 g/mol. The molecule has 1 amide bonds. The van der Waals surface area contributed by atoms with Crippen molar-refractivity contribution in [3.8, 4) is 0 Å². The number of carbonyl (C=O) groups is 1. The van der Waals surface area contributed by atoms with Crippen molar-refractivity contribution in [1.29, 1.82) is 0 Å². The molecule has 0 atom stereocenters. The van der Waals surface area contributed by atoms with Gasteiger partial charge in [-0.1, -0.05) is 0 Å². The zero-order valence-corrected chi connectivity index (χ0v) is 12.2. The molecule has 2 N–H and O–H groups in total. The number of likely N-dealkylation sites (tertiary alicyclic amines) is 1. The standard InChI is InChI=1S/C15H24N4O/c1-16-7-4-11-5-8-19(9-6-11)15(20)14-10-13(17-18-14)12-2-3-12/h10-12,16H,2-9H2,1H3,(H,17,18). The summed E-state index contributed by atoms with van der Waals surface area (Å²) < 4.78 is 0. The number of nitrogens with zero attached hydrogens (tertiary/aromatic N) is 2. The van der Waals surface area contributed by atoms with Gasteiger partial charge in [0.05, 0.1) is 0 Å². The highest BCUT2D eigenvalue weighted by molar-refractivity contribution is 5.92. The second kappa shape index (κ2) is 5.95. The van der Waals surface area contributed by atoms with Crippen molar-refractivity contribution in [3.63, 3.8) is 0 Å². The predicted octanol–water partition coefficient (Wildman–Crippen LogP) is 1.75. The summed E-state index contributed by atoms with van der Waals surface area (Å²) >= 11 is 0. The summed E-state index contributed by atoms with van der Waals surface area (Å²) in [5.41, 5.74) is 1.73. The summed E-state index contributed by atoms with van der Waals surface area (Å²) in [6.07, 6.45) is 5.91. The maximum absolute atomic E-state index is 12.4. The Morgan fingerprint density at radius 2 is 2.15 bits per heavy atom. The highest BCUT2D eigenvalue weighted by atomic mass is 16.2. The van der Waals surface area contributed by atoms with Crippen molar-refractivity contribution in [1.82, 2.24) is 20.4 Å². The van der Waals surface area contributed by atoms with Gasteiger partial charge in [-0.3, -0.25) is 9.89 Å². The normalized spacial score (nSPS) is 20.4. The van der Waals surface area contributed by atoms with Gasteiger partial charge in [-0.15, -0.1) is 0 Å². The van der Waals surface area contributed by atoms with E-state index in [1.807, 2.05) is 18.0 Å². The second-order valence-corrected chi connectivity index (χ2v) is 6.11. The first-order valence-electron chi connectivity index (χ1n) is 7.77. The minimum absolute atomic E-state index is 0.0974. The third-order valence-electron chi connectivity index (χ3n) is 4.54. The third-order valence-corrected chi connectivity index (χ3v) is 4.54. The predicted molar refractivity (Wildman–Crippen MR) is 77.7 cm³/mol. The van der Waals surface area contributed by atoms with Gasteiger partial charge >= 0.3 is 0 Å². The van der Waals surface area contributed by atoms with Crippen molar-refractivity contribution in [2.75, 3.05) is 26.7 Å². The topological polar surface area (TPSA) is 61.0 Å². The number of hydrogen-bond donors (Lipinski definition) is 2. The molecule has 0 bridgehead atoms. The summed E-state index contributed by atoms with van der Waals surface area (Å²) in [7, 11) is 1.99. The van der Waals surface area contributed by atoms with Crippen LogP contribution in [0.3, 0.4) is 0 Å². The maximum atomic E-state index is 12.4. The molecule has 1 aliphatic carbocycles. The molecular formula is C15H24N4O. The quantitative estimate of drug-likeness (QED) is 0.861. The van der Waals surface area contributed by atoms with Gasteiger partial charge < -0.3 is 10.2 Å². The number of nitrogens with one attached hydrogen (secondary N) is 2. The van der Waals surface area contributed by atoms with E-state index < -0.39 is 0 Å². The summed E-state index contributed by atoms with van der Waals surface area (Å²) in [5, 5.41) is 10.4. The molecule has 1 saturated heterocycles. The summed E-state index contributed by atoms with van der Waals surface area (Å²) in [4.78, 5) is 14.4. The minimum atomic E-state index is 0.0974. The highest BCUT2D eigenvalue weighted by Crippen LogP contribution is 2.39. The van der Waals surface area contributed by atoms with Crippen molar-refractivity contribution in [2.45, 2.75) is 38.0 Å². The molecule has 2 fully saturated rings. The molecule has 5 nitrogen and oxygen atoms in total. The molecule has 0 unspecified atom stereocenters. The Hall–Kier alpha value is -1.36. The fourth-order valence-electron chi connectivity index (χ4n) is 2.98. The fourth-order valence-corrected chi connectivity index (χ4v) is 2.98. The number of rotatable bonds is 5. The molecule has 20 heavy (non-hydrogen) atoms. The Balaban J connectivity index is 1.52. The number of aromatic amines is 1. The Morgan fingerprint density at radius 1 is 1.40 bits per heavy atom. The number of piperidine rings is 1. The van der Waals surface area contributed by atoms with E-state index in [0.717, 1.165) is 44.1 Å².